The van der Waals surface area contributed by atoms with Gasteiger partial charge in [0.05, 0.1) is 35.1 Å². The second-order valence-electron chi connectivity index (χ2n) is 4.62. The summed E-state index contributed by atoms with van der Waals surface area (Å²) in [7, 11) is -1.61. The highest BCUT2D eigenvalue weighted by atomic mass is 32.2. The average molecular weight is 295 g/mol. The second-order valence-corrected chi connectivity index (χ2v) is 5.89. The third-order valence-electron chi connectivity index (χ3n) is 2.87. The number of hydrogen-bond donors (Lipinski definition) is 1. The van der Waals surface area contributed by atoms with Crippen LogP contribution in [0.1, 0.15) is 18.2 Å². The molecule has 1 saturated heterocycles. The summed E-state index contributed by atoms with van der Waals surface area (Å²) in [5.74, 6) is -0.698. The summed E-state index contributed by atoms with van der Waals surface area (Å²) in [5, 5.41) is -0.200. The summed E-state index contributed by atoms with van der Waals surface area (Å²) in [6, 6.07) is 0. The summed E-state index contributed by atoms with van der Waals surface area (Å²) in [6.07, 6.45) is -3.38. The van der Waals surface area contributed by atoms with Gasteiger partial charge in [-0.2, -0.15) is 13.2 Å². The monoisotopic (exact) mass is 295 g/mol. The molecule has 106 valence electrons. The molecule has 2 heterocycles. The number of ether oxygens (including phenoxy) is 1. The molecule has 1 unspecified atom stereocenters. The molecule has 1 aliphatic heterocycles. The van der Waals surface area contributed by atoms with Crippen LogP contribution in [0.2, 0.25) is 0 Å². The number of nitrogens with zero attached hydrogens (tertiary/aromatic N) is 2. The molecule has 0 amide bonds. The summed E-state index contributed by atoms with van der Waals surface area (Å²) < 4.78 is 55.5. The van der Waals surface area contributed by atoms with Crippen molar-refractivity contribution in [3.8, 4) is 0 Å². The minimum Gasteiger partial charge on any atom is -0.383 e. The van der Waals surface area contributed by atoms with Gasteiger partial charge >= 0.3 is 6.18 Å². The van der Waals surface area contributed by atoms with Gasteiger partial charge in [-0.25, -0.2) is 9.97 Å². The van der Waals surface area contributed by atoms with Gasteiger partial charge in [0.1, 0.15) is 11.4 Å². The number of nitrogen functional groups attached to an aromatic ring is 1. The molecule has 0 spiro atoms. The Labute approximate surface area is 109 Å². The number of alkyl halides is 3. The Bertz CT molecular complexity index is 544. The standard InChI is InChI=1S/C10H12F3N3O2S/c1-9(3-18-4-9)6-5(10(11,12)13)7(14)16-8(15-6)19(2)17/h3-4H2,1-2H3,(H2,14,15,16). The zero-order valence-electron chi connectivity index (χ0n) is 10.2. The molecule has 9 heteroatoms. The summed E-state index contributed by atoms with van der Waals surface area (Å²) in [4.78, 5) is 7.28. The molecule has 1 fully saturated rings. The molecule has 0 saturated carbocycles. The van der Waals surface area contributed by atoms with E-state index in [1.807, 2.05) is 0 Å². The zero-order valence-corrected chi connectivity index (χ0v) is 11.1. The number of hydrogen-bond acceptors (Lipinski definition) is 5. The molecule has 1 aliphatic rings. The molecule has 5 nitrogen and oxygen atoms in total. The predicted octanol–water partition coefficient (Wildman–Crippen LogP) is 1.10. The lowest BCUT2D eigenvalue weighted by atomic mass is 9.82. The van der Waals surface area contributed by atoms with Crippen molar-refractivity contribution in [1.82, 2.24) is 9.97 Å². The maximum Gasteiger partial charge on any atom is 0.421 e. The van der Waals surface area contributed by atoms with Crippen LogP contribution in [0, 0.1) is 0 Å². The van der Waals surface area contributed by atoms with Gasteiger partial charge in [-0.3, -0.25) is 4.21 Å². The van der Waals surface area contributed by atoms with E-state index in [1.54, 1.807) is 6.92 Å². The van der Waals surface area contributed by atoms with Crippen LogP contribution in [-0.4, -0.2) is 33.6 Å². The van der Waals surface area contributed by atoms with E-state index in [9.17, 15) is 17.4 Å². The number of halogens is 3. The molecule has 0 aliphatic carbocycles. The first-order valence-corrected chi connectivity index (χ1v) is 6.87. The molecule has 19 heavy (non-hydrogen) atoms. The fraction of sp³-hybridized carbons (Fsp3) is 0.600. The van der Waals surface area contributed by atoms with Crippen molar-refractivity contribution in [3.05, 3.63) is 11.3 Å². The van der Waals surface area contributed by atoms with Crippen molar-refractivity contribution >= 4 is 16.6 Å². The number of nitrogens with two attached hydrogens (primary N) is 1. The van der Waals surface area contributed by atoms with Crippen LogP contribution >= 0.6 is 0 Å². The highest BCUT2D eigenvalue weighted by Crippen LogP contribution is 2.42. The summed E-state index contributed by atoms with van der Waals surface area (Å²) in [5.41, 5.74) is 3.19. The molecule has 1 atom stereocenters. The molecule has 2 N–H and O–H groups in total. The van der Waals surface area contributed by atoms with Crippen molar-refractivity contribution in [3.63, 3.8) is 0 Å². The molecule has 0 bridgehead atoms. The summed E-state index contributed by atoms with van der Waals surface area (Å²) >= 11 is 0. The normalized spacial score (nSPS) is 19.8. The highest BCUT2D eigenvalue weighted by molar-refractivity contribution is 7.84. The smallest absolute Gasteiger partial charge is 0.383 e. The average Bonchev–Trinajstić information content (AvgIpc) is 2.22. The van der Waals surface area contributed by atoms with Gasteiger partial charge in [0.25, 0.3) is 0 Å². The zero-order chi connectivity index (χ0) is 14.4. The van der Waals surface area contributed by atoms with Gasteiger partial charge in [-0.1, -0.05) is 0 Å². The fourth-order valence-corrected chi connectivity index (χ4v) is 2.29. The van der Waals surface area contributed by atoms with Crippen molar-refractivity contribution in [2.75, 3.05) is 25.2 Å². The Morgan fingerprint density at radius 1 is 1.37 bits per heavy atom. The van der Waals surface area contributed by atoms with Crippen molar-refractivity contribution in [2.45, 2.75) is 23.7 Å². The van der Waals surface area contributed by atoms with Crippen molar-refractivity contribution in [2.24, 2.45) is 0 Å². The van der Waals surface area contributed by atoms with E-state index < -0.39 is 33.8 Å². The van der Waals surface area contributed by atoms with E-state index in [-0.39, 0.29) is 24.1 Å². The Kier molecular flexibility index (Phi) is 3.29. The lowest BCUT2D eigenvalue weighted by Gasteiger charge is -2.38. The highest BCUT2D eigenvalue weighted by Gasteiger charge is 2.47. The van der Waals surface area contributed by atoms with Gasteiger partial charge in [-0.05, 0) is 6.92 Å². The first-order valence-electron chi connectivity index (χ1n) is 5.31. The molecular formula is C10H12F3N3O2S. The minimum absolute atomic E-state index is 0.113. The number of aromatic nitrogens is 2. The van der Waals surface area contributed by atoms with Crippen LogP contribution in [0.3, 0.4) is 0 Å². The maximum absolute atomic E-state index is 13.1. The maximum atomic E-state index is 13.1. The van der Waals surface area contributed by atoms with E-state index in [0.29, 0.717) is 0 Å². The Hall–Kier alpha value is -1.22. The van der Waals surface area contributed by atoms with E-state index in [4.69, 9.17) is 10.5 Å². The van der Waals surface area contributed by atoms with Gasteiger partial charge in [-0.15, -0.1) is 0 Å². The fourth-order valence-electron chi connectivity index (χ4n) is 1.85. The van der Waals surface area contributed by atoms with Crippen LogP contribution < -0.4 is 5.73 Å². The molecule has 0 aromatic carbocycles. The lowest BCUT2D eigenvalue weighted by Crippen LogP contribution is -2.46. The largest absolute Gasteiger partial charge is 0.421 e. The van der Waals surface area contributed by atoms with Crippen LogP contribution in [0.4, 0.5) is 19.0 Å². The van der Waals surface area contributed by atoms with Gasteiger partial charge < -0.3 is 10.5 Å². The van der Waals surface area contributed by atoms with E-state index in [0.717, 1.165) is 0 Å². The lowest BCUT2D eigenvalue weighted by molar-refractivity contribution is -0.141. The van der Waals surface area contributed by atoms with E-state index in [1.165, 1.54) is 6.26 Å². The van der Waals surface area contributed by atoms with Crippen LogP contribution in [0.5, 0.6) is 0 Å². The van der Waals surface area contributed by atoms with Crippen molar-refractivity contribution < 1.29 is 22.1 Å². The van der Waals surface area contributed by atoms with E-state index >= 15 is 0 Å². The molecular weight excluding hydrogens is 283 g/mol. The van der Waals surface area contributed by atoms with Crippen molar-refractivity contribution in [1.29, 1.82) is 0 Å². The molecule has 1 aromatic heterocycles. The first-order chi connectivity index (χ1) is 8.65. The Morgan fingerprint density at radius 3 is 2.32 bits per heavy atom. The SMILES string of the molecule is CS(=O)c1nc(N)c(C(F)(F)F)c(C2(C)COC2)n1. The second kappa shape index (κ2) is 4.41. The molecule has 2 rings (SSSR count). The Morgan fingerprint density at radius 2 is 1.95 bits per heavy atom. The molecule has 1 aromatic rings. The van der Waals surface area contributed by atoms with Crippen LogP contribution in [0.15, 0.2) is 5.16 Å². The van der Waals surface area contributed by atoms with Gasteiger partial charge in [0.2, 0.25) is 5.16 Å². The van der Waals surface area contributed by atoms with Crippen LogP contribution in [-0.2, 0) is 27.1 Å². The third-order valence-corrected chi connectivity index (χ3v) is 3.57. The van der Waals surface area contributed by atoms with E-state index in [2.05, 4.69) is 9.97 Å². The minimum atomic E-state index is -4.66. The predicted molar refractivity (Wildman–Crippen MR) is 61.9 cm³/mol. The topological polar surface area (TPSA) is 78.1 Å². The third kappa shape index (κ3) is 2.44. The number of anilines is 1. The first kappa shape index (κ1) is 14.2. The summed E-state index contributed by atoms with van der Waals surface area (Å²) in [6.45, 7) is 1.82. The Balaban J connectivity index is 2.69. The molecule has 0 radical (unpaired) electrons. The van der Waals surface area contributed by atoms with Gasteiger partial charge in [0, 0.05) is 6.26 Å². The van der Waals surface area contributed by atoms with Crippen LogP contribution in [0.25, 0.3) is 0 Å². The number of rotatable bonds is 2. The van der Waals surface area contributed by atoms with Gasteiger partial charge in [0.15, 0.2) is 0 Å². The quantitative estimate of drug-likeness (QED) is 0.827.